The summed E-state index contributed by atoms with van der Waals surface area (Å²) in [6.07, 6.45) is 2.24. The Bertz CT molecular complexity index is 948. The van der Waals surface area contributed by atoms with E-state index in [1.165, 1.54) is 6.33 Å². The molecule has 1 heterocycles. The topological polar surface area (TPSA) is 105 Å². The van der Waals surface area contributed by atoms with Crippen LogP contribution in [0.2, 0.25) is 0 Å². The first kappa shape index (κ1) is 17.9. The zero-order valence-electron chi connectivity index (χ0n) is 14.1. The number of nitrogens with zero attached hydrogens (tertiary/aromatic N) is 3. The van der Waals surface area contributed by atoms with E-state index in [4.69, 9.17) is 15.1 Å². The average Bonchev–Trinajstić information content (AvgIpc) is 2.55. The largest absolute Gasteiger partial charge is 0.486 e. The summed E-state index contributed by atoms with van der Waals surface area (Å²) in [5.41, 5.74) is 1.43. The SMILES string of the molecule is CC(C)=C(C#N)COc1cc(C)ccc1-n1cncc(C(=O)O)c1=O. The van der Waals surface area contributed by atoms with Crippen molar-refractivity contribution < 1.29 is 14.6 Å². The molecular formula is C18H17N3O4. The number of benzene rings is 1. The first-order valence-corrected chi connectivity index (χ1v) is 7.45. The molecule has 1 aromatic heterocycles. The predicted molar refractivity (Wildman–Crippen MR) is 91.0 cm³/mol. The van der Waals surface area contributed by atoms with Crippen LogP contribution in [0.15, 0.2) is 46.7 Å². The predicted octanol–water partition coefficient (Wildman–Crippen LogP) is 2.48. The van der Waals surface area contributed by atoms with Crippen molar-refractivity contribution in [1.82, 2.24) is 9.55 Å². The lowest BCUT2D eigenvalue weighted by Crippen LogP contribution is -2.25. The van der Waals surface area contributed by atoms with Gasteiger partial charge in [0, 0.05) is 6.20 Å². The van der Waals surface area contributed by atoms with Gasteiger partial charge in [-0.05, 0) is 38.5 Å². The van der Waals surface area contributed by atoms with Crippen molar-refractivity contribution >= 4 is 5.97 Å². The zero-order valence-corrected chi connectivity index (χ0v) is 14.1. The molecule has 0 aliphatic rings. The number of aromatic nitrogens is 2. The van der Waals surface area contributed by atoms with Crippen molar-refractivity contribution in [1.29, 1.82) is 5.26 Å². The van der Waals surface area contributed by atoms with E-state index >= 15 is 0 Å². The fraction of sp³-hybridized carbons (Fsp3) is 0.222. The quantitative estimate of drug-likeness (QED) is 0.839. The molecule has 0 amide bonds. The molecule has 0 bridgehead atoms. The van der Waals surface area contributed by atoms with Crippen molar-refractivity contribution in [2.75, 3.05) is 6.61 Å². The van der Waals surface area contributed by atoms with E-state index in [2.05, 4.69) is 11.1 Å². The van der Waals surface area contributed by atoms with Gasteiger partial charge in [0.1, 0.15) is 24.2 Å². The van der Waals surface area contributed by atoms with Gasteiger partial charge >= 0.3 is 5.97 Å². The van der Waals surface area contributed by atoms with Gasteiger partial charge in [-0.3, -0.25) is 9.36 Å². The van der Waals surface area contributed by atoms with E-state index in [0.717, 1.165) is 21.9 Å². The minimum atomic E-state index is -1.35. The van der Waals surface area contributed by atoms with E-state index in [9.17, 15) is 9.59 Å². The van der Waals surface area contributed by atoms with E-state index in [-0.39, 0.29) is 6.61 Å². The summed E-state index contributed by atoms with van der Waals surface area (Å²) < 4.78 is 6.84. The van der Waals surface area contributed by atoms with Crippen LogP contribution in [0.1, 0.15) is 29.8 Å². The summed E-state index contributed by atoms with van der Waals surface area (Å²) in [5.74, 6) is -0.988. The molecule has 2 rings (SSSR count). The number of carboxylic acids is 1. The Morgan fingerprint density at radius 1 is 1.40 bits per heavy atom. The Hall–Kier alpha value is -3.40. The van der Waals surface area contributed by atoms with E-state index in [1.807, 2.05) is 20.8 Å². The fourth-order valence-corrected chi connectivity index (χ4v) is 2.10. The molecule has 0 saturated heterocycles. The van der Waals surface area contributed by atoms with Gasteiger partial charge in [-0.1, -0.05) is 11.6 Å². The molecule has 0 aliphatic heterocycles. The van der Waals surface area contributed by atoms with Crippen LogP contribution < -0.4 is 10.3 Å². The van der Waals surface area contributed by atoms with Gasteiger partial charge in [0.25, 0.3) is 5.56 Å². The maximum atomic E-state index is 12.4. The highest BCUT2D eigenvalue weighted by Gasteiger charge is 2.15. The maximum Gasteiger partial charge on any atom is 0.342 e. The third-order valence-corrected chi connectivity index (χ3v) is 3.55. The van der Waals surface area contributed by atoms with Crippen LogP contribution in [-0.2, 0) is 0 Å². The Balaban J connectivity index is 2.53. The lowest BCUT2D eigenvalue weighted by Gasteiger charge is -2.14. The van der Waals surface area contributed by atoms with Crippen molar-refractivity contribution in [3.8, 4) is 17.5 Å². The Labute approximate surface area is 144 Å². The average molecular weight is 339 g/mol. The first-order valence-electron chi connectivity index (χ1n) is 7.45. The number of carboxylic acid groups (broad SMARTS) is 1. The normalized spacial score (nSPS) is 10.0. The molecule has 0 aliphatic carbocycles. The second kappa shape index (κ2) is 7.45. The Kier molecular flexibility index (Phi) is 5.35. The van der Waals surface area contributed by atoms with E-state index < -0.39 is 17.1 Å². The number of aryl methyl sites for hydroxylation is 1. The second-order valence-corrected chi connectivity index (χ2v) is 5.64. The van der Waals surface area contributed by atoms with Gasteiger partial charge in [-0.25, -0.2) is 9.78 Å². The minimum absolute atomic E-state index is 0.0517. The highest BCUT2D eigenvalue weighted by Crippen LogP contribution is 2.24. The van der Waals surface area contributed by atoms with Crippen LogP contribution in [0.5, 0.6) is 5.75 Å². The van der Waals surface area contributed by atoms with Crippen molar-refractivity contribution in [3.63, 3.8) is 0 Å². The summed E-state index contributed by atoms with van der Waals surface area (Å²) in [4.78, 5) is 27.3. The van der Waals surface area contributed by atoms with Gasteiger partial charge < -0.3 is 9.84 Å². The molecule has 128 valence electrons. The molecule has 25 heavy (non-hydrogen) atoms. The van der Waals surface area contributed by atoms with Crippen LogP contribution in [0.4, 0.5) is 0 Å². The number of allylic oxidation sites excluding steroid dienone is 1. The molecule has 1 N–H and O–H groups in total. The molecule has 1 aromatic carbocycles. The van der Waals surface area contributed by atoms with Crippen LogP contribution in [-0.4, -0.2) is 27.2 Å². The van der Waals surface area contributed by atoms with Crippen molar-refractivity contribution in [2.24, 2.45) is 0 Å². The van der Waals surface area contributed by atoms with Gasteiger partial charge in [-0.15, -0.1) is 0 Å². The lowest BCUT2D eigenvalue weighted by molar-refractivity contribution is 0.0694. The number of nitriles is 1. The molecule has 7 heteroatoms. The third kappa shape index (κ3) is 3.93. The van der Waals surface area contributed by atoms with Crippen molar-refractivity contribution in [3.05, 3.63) is 63.4 Å². The standard InChI is InChI=1S/C18H17N3O4/c1-11(2)13(7-19)9-25-16-6-12(3)4-5-15(16)21-10-20-8-14(17(21)22)18(23)24/h4-6,8,10H,9H2,1-3H3,(H,23,24). The molecular weight excluding hydrogens is 322 g/mol. The molecule has 0 unspecified atom stereocenters. The number of carbonyl (C=O) groups is 1. The van der Waals surface area contributed by atoms with E-state index in [0.29, 0.717) is 17.0 Å². The number of hydrogen-bond acceptors (Lipinski definition) is 5. The fourth-order valence-electron chi connectivity index (χ4n) is 2.10. The molecule has 7 nitrogen and oxygen atoms in total. The molecule has 0 atom stereocenters. The van der Waals surface area contributed by atoms with Crippen LogP contribution in [0.25, 0.3) is 5.69 Å². The Morgan fingerprint density at radius 2 is 2.12 bits per heavy atom. The highest BCUT2D eigenvalue weighted by molar-refractivity contribution is 5.86. The van der Waals surface area contributed by atoms with Crippen molar-refractivity contribution in [2.45, 2.75) is 20.8 Å². The number of ether oxygens (including phenoxy) is 1. The smallest absolute Gasteiger partial charge is 0.342 e. The summed E-state index contributed by atoms with van der Waals surface area (Å²) in [7, 11) is 0. The minimum Gasteiger partial charge on any atom is -0.486 e. The molecule has 0 spiro atoms. The first-order chi connectivity index (χ1) is 11.8. The van der Waals surface area contributed by atoms with Crippen LogP contribution >= 0.6 is 0 Å². The third-order valence-electron chi connectivity index (χ3n) is 3.55. The summed E-state index contributed by atoms with van der Waals surface area (Å²) in [5, 5.41) is 18.2. The van der Waals surface area contributed by atoms with Gasteiger partial charge in [0.2, 0.25) is 0 Å². The summed E-state index contributed by atoms with van der Waals surface area (Å²) >= 11 is 0. The molecule has 2 aromatic rings. The lowest BCUT2D eigenvalue weighted by atomic mass is 10.2. The molecule has 0 fully saturated rings. The summed E-state index contributed by atoms with van der Waals surface area (Å²) in [6.45, 7) is 5.53. The van der Waals surface area contributed by atoms with E-state index in [1.54, 1.807) is 18.2 Å². The number of hydrogen-bond donors (Lipinski definition) is 1. The zero-order chi connectivity index (χ0) is 18.6. The highest BCUT2D eigenvalue weighted by atomic mass is 16.5. The number of aromatic carboxylic acids is 1. The molecule has 0 saturated carbocycles. The Morgan fingerprint density at radius 3 is 2.72 bits per heavy atom. The maximum absolute atomic E-state index is 12.4. The summed E-state index contributed by atoms with van der Waals surface area (Å²) in [6, 6.07) is 7.21. The van der Waals surface area contributed by atoms with Gasteiger partial charge in [-0.2, -0.15) is 5.26 Å². The second-order valence-electron chi connectivity index (χ2n) is 5.64. The van der Waals surface area contributed by atoms with Gasteiger partial charge in [0.15, 0.2) is 0 Å². The van der Waals surface area contributed by atoms with Crippen LogP contribution in [0, 0.1) is 18.3 Å². The number of rotatable bonds is 5. The van der Waals surface area contributed by atoms with Gasteiger partial charge in [0.05, 0.1) is 17.3 Å². The van der Waals surface area contributed by atoms with Crippen LogP contribution in [0.3, 0.4) is 0 Å². The monoisotopic (exact) mass is 339 g/mol. The molecule has 0 radical (unpaired) electrons.